The van der Waals surface area contributed by atoms with Gasteiger partial charge in [-0.1, -0.05) is 55.6 Å². The Balaban J connectivity index is 0.809. The quantitative estimate of drug-likeness (QED) is 0.0629. The number of imide groups is 1. The van der Waals surface area contributed by atoms with E-state index in [-0.39, 0.29) is 70.3 Å². The summed E-state index contributed by atoms with van der Waals surface area (Å²) in [4.78, 5) is 84.2. The molecule has 17 heteroatoms. The molecule has 0 radical (unpaired) electrons. The number of imidazole rings is 1. The summed E-state index contributed by atoms with van der Waals surface area (Å²) in [5.74, 6) is -3.33. The van der Waals surface area contributed by atoms with Crippen molar-refractivity contribution in [3.05, 3.63) is 91.8 Å². The fourth-order valence-corrected chi connectivity index (χ4v) is 12.2. The van der Waals surface area contributed by atoms with Crippen molar-refractivity contribution >= 4 is 69.5 Å². The van der Waals surface area contributed by atoms with Crippen LogP contribution in [0.1, 0.15) is 126 Å². The van der Waals surface area contributed by atoms with E-state index in [2.05, 4.69) is 45.4 Å². The zero-order valence-corrected chi connectivity index (χ0v) is 39.0. The van der Waals surface area contributed by atoms with Crippen LogP contribution in [0.25, 0.3) is 11.0 Å². The first kappa shape index (κ1) is 46.0. The van der Waals surface area contributed by atoms with Gasteiger partial charge in [-0.05, 0) is 129 Å². The number of carbonyl (C=O) groups excluding carboxylic acids is 5. The molecule has 66 heavy (non-hydrogen) atoms. The number of aryl methyl sites for hydroxylation is 2. The second kappa shape index (κ2) is 17.8. The Morgan fingerprint density at radius 2 is 1.64 bits per heavy atom. The average Bonchev–Trinajstić information content (AvgIpc) is 3.84. The van der Waals surface area contributed by atoms with Crippen LogP contribution in [0.5, 0.6) is 0 Å². The summed E-state index contributed by atoms with van der Waals surface area (Å²) >= 11 is 12.8. The third kappa shape index (κ3) is 8.01. The van der Waals surface area contributed by atoms with Gasteiger partial charge >= 0.3 is 5.69 Å². The van der Waals surface area contributed by atoms with E-state index in [9.17, 15) is 28.8 Å². The number of nitrogens with zero attached hydrogens (tertiary/aromatic N) is 3. The molecule has 0 bridgehead atoms. The Hall–Kier alpha value is -5.12. The largest absolute Gasteiger partial charge is 0.356 e. The van der Waals surface area contributed by atoms with Crippen molar-refractivity contribution in [1.29, 1.82) is 0 Å². The van der Waals surface area contributed by atoms with Crippen molar-refractivity contribution < 1.29 is 28.4 Å². The number of hydrogen-bond donors (Lipinski definition) is 5. The molecule has 5 N–H and O–H groups in total. The summed E-state index contributed by atoms with van der Waals surface area (Å²) in [6.07, 6.45) is 10.4. The van der Waals surface area contributed by atoms with Crippen molar-refractivity contribution in [3.8, 4) is 0 Å². The maximum atomic E-state index is 16.3. The van der Waals surface area contributed by atoms with Gasteiger partial charge in [0.2, 0.25) is 29.5 Å². The number of rotatable bonds is 11. The number of fused-ring (bicyclic) bond motifs is 4. The zero-order valence-electron chi connectivity index (χ0n) is 37.5. The number of carbonyl (C=O) groups is 5. The second-order valence-electron chi connectivity index (χ2n) is 20.0. The van der Waals surface area contributed by atoms with Crippen molar-refractivity contribution in [1.82, 2.24) is 35.4 Å². The number of halogens is 3. The maximum absolute atomic E-state index is 16.3. The highest BCUT2D eigenvalue weighted by Gasteiger charge is 2.73. The number of anilines is 1. The number of aromatic nitrogens is 3. The van der Waals surface area contributed by atoms with Gasteiger partial charge in [-0.2, -0.15) is 0 Å². The first-order valence-electron chi connectivity index (χ1n) is 23.3. The van der Waals surface area contributed by atoms with Gasteiger partial charge in [0.15, 0.2) is 11.0 Å². The predicted octanol–water partition coefficient (Wildman–Crippen LogP) is 6.65. The van der Waals surface area contributed by atoms with Crippen LogP contribution in [-0.4, -0.2) is 67.8 Å². The van der Waals surface area contributed by atoms with Gasteiger partial charge in [0, 0.05) is 60.3 Å². The fraction of sp³-hybridized carbons (Fsp3) is 0.531. The van der Waals surface area contributed by atoms with E-state index < -0.39 is 40.7 Å². The van der Waals surface area contributed by atoms with E-state index in [4.69, 9.17) is 23.2 Å². The number of piperidine rings is 1. The van der Waals surface area contributed by atoms with Crippen LogP contribution in [-0.2, 0) is 42.9 Å². The minimum atomic E-state index is -1.36. The van der Waals surface area contributed by atoms with Crippen LogP contribution >= 0.6 is 23.2 Å². The molecule has 1 unspecified atom stereocenters. The summed E-state index contributed by atoms with van der Waals surface area (Å²) < 4.78 is 19.4. The number of benzene rings is 2. The molecule has 2 spiro atoms. The first-order chi connectivity index (χ1) is 31.5. The van der Waals surface area contributed by atoms with Crippen LogP contribution in [0.15, 0.2) is 53.5 Å². The fourth-order valence-electron chi connectivity index (χ4n) is 11.9. The molecule has 5 heterocycles. The van der Waals surface area contributed by atoms with E-state index in [0.717, 1.165) is 49.6 Å². The maximum Gasteiger partial charge on any atom is 0.329 e. The van der Waals surface area contributed by atoms with E-state index in [1.165, 1.54) is 16.8 Å². The van der Waals surface area contributed by atoms with Crippen LogP contribution < -0.4 is 32.3 Å². The minimum absolute atomic E-state index is 0.00403. The molecule has 9 rings (SSSR count). The van der Waals surface area contributed by atoms with Gasteiger partial charge in [0.1, 0.15) is 11.5 Å². The Kier molecular flexibility index (Phi) is 12.4. The van der Waals surface area contributed by atoms with Gasteiger partial charge < -0.3 is 16.0 Å². The molecular formula is C49H57Cl2FN8O6. The topological polar surface area (TPSA) is 185 Å². The molecule has 4 atom stereocenters. The molecule has 5 aliphatic rings. The van der Waals surface area contributed by atoms with E-state index in [0.29, 0.717) is 66.9 Å². The molecule has 5 amide bonds. The summed E-state index contributed by atoms with van der Waals surface area (Å²) in [5, 5.41) is 15.6. The lowest BCUT2D eigenvalue weighted by Gasteiger charge is -2.50. The van der Waals surface area contributed by atoms with Crippen LogP contribution in [0, 0.1) is 17.2 Å². The lowest BCUT2D eigenvalue weighted by Crippen LogP contribution is -2.61. The third-order valence-corrected chi connectivity index (χ3v) is 16.0. The van der Waals surface area contributed by atoms with Crippen molar-refractivity contribution in [2.45, 2.75) is 139 Å². The number of unbranched alkanes of at least 4 members (excludes halogenated alkanes) is 2. The lowest BCUT2D eigenvalue weighted by molar-refractivity contribution is -0.136. The summed E-state index contributed by atoms with van der Waals surface area (Å²) in [7, 11) is 1.69. The van der Waals surface area contributed by atoms with E-state index >= 15 is 4.39 Å². The highest BCUT2D eigenvalue weighted by atomic mass is 35.5. The molecule has 2 saturated carbocycles. The van der Waals surface area contributed by atoms with Crippen LogP contribution in [0.3, 0.4) is 0 Å². The van der Waals surface area contributed by atoms with Crippen molar-refractivity contribution in [2.75, 3.05) is 11.9 Å². The third-order valence-electron chi connectivity index (χ3n) is 15.5. The molecule has 4 aromatic rings. The summed E-state index contributed by atoms with van der Waals surface area (Å²) in [6, 6.07) is 10.7. The SMILES string of the molecule is Cn1c(=O)n(C2CCC(=O)NC2=O)c2ccc(CCCCCNC(=O)C3CCC(NC(=O)[C@@H]4NC5(CCC(C)(C)CC5)[C@@]5(C(=O)Nc6cc(Cl)ccc65)[C@H]4c4ccnc(Cl)c4F)CC3)cc21. The summed E-state index contributed by atoms with van der Waals surface area (Å²) in [5.41, 5.74) is 1.29. The molecule has 2 saturated heterocycles. The number of hydrogen-bond acceptors (Lipinski definition) is 8. The number of amides is 5. The average molecular weight is 944 g/mol. The van der Waals surface area contributed by atoms with Gasteiger partial charge in [-0.3, -0.25) is 43.7 Å². The number of nitrogens with one attached hydrogen (secondary N) is 5. The molecule has 4 fully saturated rings. The smallest absolute Gasteiger partial charge is 0.329 e. The van der Waals surface area contributed by atoms with Gasteiger partial charge in [0.25, 0.3) is 0 Å². The normalized spacial score (nSPS) is 26.6. The molecule has 2 aliphatic carbocycles. The molecule has 350 valence electrons. The highest BCUT2D eigenvalue weighted by molar-refractivity contribution is 6.31. The van der Waals surface area contributed by atoms with Gasteiger partial charge in [-0.15, -0.1) is 0 Å². The first-order valence-corrected chi connectivity index (χ1v) is 24.1. The Bertz CT molecular complexity index is 2680. The molecule has 14 nitrogen and oxygen atoms in total. The number of pyridine rings is 1. The monoisotopic (exact) mass is 942 g/mol. The summed E-state index contributed by atoms with van der Waals surface area (Å²) in [6.45, 7) is 4.96. The highest BCUT2D eigenvalue weighted by Crippen LogP contribution is 2.64. The van der Waals surface area contributed by atoms with Gasteiger partial charge in [0.05, 0.1) is 17.1 Å². The molecule has 3 aliphatic heterocycles. The minimum Gasteiger partial charge on any atom is -0.356 e. The standard InChI is InChI=1S/C49H57Cl2FN8O6/c1-47(2)19-21-48(22-20-47)49(32-14-11-29(50)26-33(32)56-45(49)65)38(31-18-24-53-41(51)39(31)52)40(58-48)44(64)55-30-12-9-28(10-13-30)42(62)54-23-6-4-5-7-27-8-15-34-36(25-27)59(3)46(66)60(34)35-16-17-37(61)57-43(35)63/h8,11,14-15,18,24-26,28,30,35,38,40,58H,4-7,9-10,12-13,16-17,19-23H2,1-3H3,(H,54,62)(H,55,64)(H,56,65)(H,57,61,63)/t28?,30?,35?,38-,40+,49+/m0/s1. The van der Waals surface area contributed by atoms with Crippen molar-refractivity contribution in [3.63, 3.8) is 0 Å². The van der Waals surface area contributed by atoms with Gasteiger partial charge in [-0.25, -0.2) is 14.2 Å². The predicted molar refractivity (Wildman–Crippen MR) is 249 cm³/mol. The van der Waals surface area contributed by atoms with E-state index in [1.54, 1.807) is 23.7 Å². The lowest BCUT2D eigenvalue weighted by atomic mass is 9.53. The molecule has 2 aromatic carbocycles. The molecule has 2 aromatic heterocycles. The Labute approximate surface area is 392 Å². The van der Waals surface area contributed by atoms with Crippen LogP contribution in [0.4, 0.5) is 10.1 Å². The second-order valence-corrected chi connectivity index (χ2v) is 20.8. The van der Waals surface area contributed by atoms with Crippen molar-refractivity contribution in [2.24, 2.45) is 18.4 Å². The Morgan fingerprint density at radius 1 is 0.879 bits per heavy atom. The van der Waals surface area contributed by atoms with E-state index in [1.807, 2.05) is 24.3 Å². The molecular weight excluding hydrogens is 886 g/mol. The van der Waals surface area contributed by atoms with Crippen LogP contribution in [0.2, 0.25) is 10.2 Å². The Morgan fingerprint density at radius 3 is 2.38 bits per heavy atom. The zero-order chi connectivity index (χ0) is 46.7.